The van der Waals surface area contributed by atoms with Crippen molar-refractivity contribution in [1.29, 1.82) is 0 Å². The third kappa shape index (κ3) is 2.68. The van der Waals surface area contributed by atoms with Crippen LogP contribution in [0, 0.1) is 10.1 Å². The number of hydrogen-bond acceptors (Lipinski definition) is 6. The fourth-order valence-corrected chi connectivity index (χ4v) is 2.15. The van der Waals surface area contributed by atoms with E-state index in [0.29, 0.717) is 11.2 Å². The summed E-state index contributed by atoms with van der Waals surface area (Å²) in [7, 11) is -0.646. The maximum atomic E-state index is 10.9. The number of ether oxygens (including phenoxy) is 1. The van der Waals surface area contributed by atoms with Crippen molar-refractivity contribution in [3.8, 4) is 5.75 Å². The summed E-state index contributed by atoms with van der Waals surface area (Å²) in [4.78, 5) is 14.3. The lowest BCUT2D eigenvalue weighted by molar-refractivity contribution is -0.389. The van der Waals surface area contributed by atoms with E-state index < -0.39 is 23.2 Å². The van der Waals surface area contributed by atoms with Crippen molar-refractivity contribution in [2.75, 3.05) is 0 Å². The molecule has 1 aliphatic carbocycles. The zero-order valence-corrected chi connectivity index (χ0v) is 13.2. The molecule has 1 saturated heterocycles. The molecule has 1 aromatic rings. The Hall–Kier alpha value is -1.67. The molecule has 2 aliphatic rings. The number of rotatable bonds is 4. The second-order valence-corrected chi connectivity index (χ2v) is 6.74. The van der Waals surface area contributed by atoms with Crippen molar-refractivity contribution in [1.82, 2.24) is 4.98 Å². The lowest BCUT2D eigenvalue weighted by Gasteiger charge is -2.32. The topological polar surface area (TPSA) is 83.7 Å². The van der Waals surface area contributed by atoms with Gasteiger partial charge in [-0.15, -0.1) is 0 Å². The van der Waals surface area contributed by atoms with Gasteiger partial charge in [-0.05, 0) is 50.4 Å². The molecule has 1 aliphatic heterocycles. The maximum Gasteiger partial charge on any atom is 0.502 e. The van der Waals surface area contributed by atoms with Gasteiger partial charge in [-0.25, -0.2) is 0 Å². The molecule has 0 radical (unpaired) electrons. The second kappa shape index (κ2) is 4.92. The molecule has 0 bridgehead atoms. The minimum Gasteiger partial charge on any atom is -0.490 e. The number of nitrogens with zero attached hydrogens (tertiary/aromatic N) is 2. The molecule has 2 heterocycles. The number of pyridine rings is 1. The minimum atomic E-state index is -0.646. The van der Waals surface area contributed by atoms with E-state index in [9.17, 15) is 10.1 Å². The Kier molecular flexibility index (Phi) is 3.41. The average Bonchev–Trinajstić information content (AvgIpc) is 3.17. The van der Waals surface area contributed by atoms with Gasteiger partial charge in [-0.2, -0.15) is 0 Å². The Balaban J connectivity index is 1.94. The Morgan fingerprint density at radius 2 is 1.91 bits per heavy atom. The first-order valence-electron chi connectivity index (χ1n) is 7.36. The summed E-state index contributed by atoms with van der Waals surface area (Å²) in [6, 6.07) is 1.35. The molecule has 2 fully saturated rings. The SMILES string of the molecule is CC1(C)OB(c2cnc([N+](=O)[O-])cc2OC2CC2)OC1(C)C. The lowest BCUT2D eigenvalue weighted by atomic mass is 9.79. The molecular weight excluding hydrogens is 287 g/mol. The average molecular weight is 306 g/mol. The largest absolute Gasteiger partial charge is 0.502 e. The molecule has 22 heavy (non-hydrogen) atoms. The molecule has 0 N–H and O–H groups in total. The van der Waals surface area contributed by atoms with Gasteiger partial charge in [0.2, 0.25) is 0 Å². The normalized spacial score (nSPS) is 22.6. The van der Waals surface area contributed by atoms with Crippen LogP contribution in [0.5, 0.6) is 5.75 Å². The first kappa shape index (κ1) is 15.2. The van der Waals surface area contributed by atoms with E-state index in [4.69, 9.17) is 14.0 Å². The van der Waals surface area contributed by atoms with Gasteiger partial charge in [0.1, 0.15) is 11.9 Å². The van der Waals surface area contributed by atoms with E-state index in [1.54, 1.807) is 0 Å². The Labute approximate surface area is 129 Å². The van der Waals surface area contributed by atoms with Gasteiger partial charge in [-0.1, -0.05) is 0 Å². The number of nitro groups is 1. The first-order chi connectivity index (χ1) is 10.2. The molecular formula is C14H19BN2O5. The van der Waals surface area contributed by atoms with E-state index in [0.717, 1.165) is 12.8 Å². The molecule has 0 unspecified atom stereocenters. The van der Waals surface area contributed by atoms with Gasteiger partial charge in [-0.3, -0.25) is 0 Å². The lowest BCUT2D eigenvalue weighted by Crippen LogP contribution is -2.41. The minimum absolute atomic E-state index is 0.114. The summed E-state index contributed by atoms with van der Waals surface area (Å²) >= 11 is 0. The predicted octanol–water partition coefficient (Wildman–Crippen LogP) is 1.83. The summed E-state index contributed by atoms with van der Waals surface area (Å²) in [5.74, 6) is 0.179. The Bertz CT molecular complexity index is 599. The molecule has 7 nitrogen and oxygen atoms in total. The van der Waals surface area contributed by atoms with Crippen molar-refractivity contribution < 1.29 is 19.0 Å². The van der Waals surface area contributed by atoms with Gasteiger partial charge in [0, 0.05) is 0 Å². The van der Waals surface area contributed by atoms with Crippen LogP contribution in [0.4, 0.5) is 5.82 Å². The van der Waals surface area contributed by atoms with Crippen LogP contribution in [0.1, 0.15) is 40.5 Å². The molecule has 8 heteroatoms. The second-order valence-electron chi connectivity index (χ2n) is 6.74. The molecule has 0 atom stereocenters. The zero-order chi connectivity index (χ0) is 16.1. The zero-order valence-electron chi connectivity index (χ0n) is 13.2. The Morgan fingerprint density at radius 3 is 2.41 bits per heavy atom. The van der Waals surface area contributed by atoms with Gasteiger partial charge in [0.05, 0.1) is 28.8 Å². The maximum absolute atomic E-state index is 10.9. The third-order valence-electron chi connectivity index (χ3n) is 4.39. The third-order valence-corrected chi connectivity index (χ3v) is 4.39. The van der Waals surface area contributed by atoms with Crippen LogP contribution < -0.4 is 10.2 Å². The van der Waals surface area contributed by atoms with Crippen LogP contribution in [-0.4, -0.2) is 34.3 Å². The standard InChI is InChI=1S/C14H19BN2O5/c1-13(2)14(3,4)22-15(21-13)10-8-16-12(17(18)19)7-11(10)20-9-5-6-9/h7-9H,5-6H2,1-4H3. The number of hydrogen-bond donors (Lipinski definition) is 0. The van der Waals surface area contributed by atoms with Crippen molar-refractivity contribution in [3.05, 3.63) is 22.4 Å². The van der Waals surface area contributed by atoms with Crippen molar-refractivity contribution >= 4 is 18.4 Å². The van der Waals surface area contributed by atoms with Gasteiger partial charge >= 0.3 is 12.9 Å². The highest BCUT2D eigenvalue weighted by atomic mass is 16.7. The van der Waals surface area contributed by atoms with Crippen molar-refractivity contribution in [2.45, 2.75) is 57.8 Å². The van der Waals surface area contributed by atoms with Gasteiger partial charge in [0.25, 0.3) is 0 Å². The van der Waals surface area contributed by atoms with Crippen LogP contribution in [0.15, 0.2) is 12.3 Å². The summed E-state index contributed by atoms with van der Waals surface area (Å²) in [5, 5.41) is 10.9. The van der Waals surface area contributed by atoms with Crippen LogP contribution in [0.2, 0.25) is 0 Å². The summed E-state index contributed by atoms with van der Waals surface area (Å²) in [5.41, 5.74) is -0.386. The van der Waals surface area contributed by atoms with Gasteiger partial charge in [0.15, 0.2) is 0 Å². The van der Waals surface area contributed by atoms with E-state index in [2.05, 4.69) is 4.98 Å². The van der Waals surface area contributed by atoms with Crippen LogP contribution >= 0.6 is 0 Å². The van der Waals surface area contributed by atoms with Crippen LogP contribution in [0.25, 0.3) is 0 Å². The molecule has 0 spiro atoms. The summed E-state index contributed by atoms with van der Waals surface area (Å²) in [6.07, 6.45) is 3.44. The van der Waals surface area contributed by atoms with E-state index in [1.807, 2.05) is 27.7 Å². The van der Waals surface area contributed by atoms with E-state index >= 15 is 0 Å². The predicted molar refractivity (Wildman–Crippen MR) is 80.3 cm³/mol. The Morgan fingerprint density at radius 1 is 1.32 bits per heavy atom. The van der Waals surface area contributed by atoms with Crippen LogP contribution in [-0.2, 0) is 9.31 Å². The molecule has 1 aromatic heterocycles. The smallest absolute Gasteiger partial charge is 0.490 e. The van der Waals surface area contributed by atoms with E-state index in [-0.39, 0.29) is 11.9 Å². The fraction of sp³-hybridized carbons (Fsp3) is 0.643. The monoisotopic (exact) mass is 306 g/mol. The fourth-order valence-electron chi connectivity index (χ4n) is 2.15. The van der Waals surface area contributed by atoms with Crippen LogP contribution in [0.3, 0.4) is 0 Å². The molecule has 3 rings (SSSR count). The highest BCUT2D eigenvalue weighted by molar-refractivity contribution is 6.63. The molecule has 118 valence electrons. The van der Waals surface area contributed by atoms with E-state index in [1.165, 1.54) is 12.3 Å². The number of aromatic nitrogens is 1. The van der Waals surface area contributed by atoms with Crippen molar-refractivity contribution in [3.63, 3.8) is 0 Å². The molecule has 0 amide bonds. The molecule has 1 saturated carbocycles. The van der Waals surface area contributed by atoms with Crippen molar-refractivity contribution in [2.24, 2.45) is 0 Å². The summed E-state index contributed by atoms with van der Waals surface area (Å²) in [6.45, 7) is 7.81. The highest BCUT2D eigenvalue weighted by Gasteiger charge is 2.53. The van der Waals surface area contributed by atoms with Gasteiger partial charge < -0.3 is 24.2 Å². The first-order valence-corrected chi connectivity index (χ1v) is 7.36. The molecule has 0 aromatic carbocycles. The highest BCUT2D eigenvalue weighted by Crippen LogP contribution is 2.37. The quantitative estimate of drug-likeness (QED) is 0.479. The summed E-state index contributed by atoms with van der Waals surface area (Å²) < 4.78 is 17.8.